The minimum absolute atomic E-state index is 0.563. The molecule has 0 amide bonds. The molecule has 1 atom stereocenters. The molecule has 0 radical (unpaired) electrons. The van der Waals surface area contributed by atoms with Gasteiger partial charge in [-0.1, -0.05) is 122 Å². The fourth-order valence-electron chi connectivity index (χ4n) is 6.54. The molecule has 4 aromatic heterocycles. The number of rotatable bonds is 4. The summed E-state index contributed by atoms with van der Waals surface area (Å²) in [5.74, 6) is 0.563. The van der Waals surface area contributed by atoms with Crippen molar-refractivity contribution in [3.8, 4) is 33.8 Å². The van der Waals surface area contributed by atoms with Crippen molar-refractivity contribution >= 4 is 49.2 Å². The van der Waals surface area contributed by atoms with E-state index in [0.29, 0.717) is 5.92 Å². The SMILES string of the molecule is C[C@@H]1C=CC(c2ccc3ccc4ccc(-c5cccc(-c6ccc7ccc8ccc(-c9ccccc9)nc8c7n6)c5)nc4c3n2)=CC1. The Labute approximate surface area is 272 Å². The van der Waals surface area contributed by atoms with Crippen LogP contribution in [-0.4, -0.2) is 19.9 Å². The van der Waals surface area contributed by atoms with Crippen molar-refractivity contribution in [2.75, 3.05) is 0 Å². The average molecular weight is 603 g/mol. The lowest BCUT2D eigenvalue weighted by Gasteiger charge is -2.13. The van der Waals surface area contributed by atoms with Gasteiger partial charge >= 0.3 is 0 Å². The molecule has 9 rings (SSSR count). The van der Waals surface area contributed by atoms with Gasteiger partial charge in [-0.05, 0) is 48.2 Å². The molecule has 0 aliphatic heterocycles. The summed E-state index contributed by atoms with van der Waals surface area (Å²) in [5, 5.41) is 4.31. The molecule has 222 valence electrons. The molecule has 4 heterocycles. The van der Waals surface area contributed by atoms with Gasteiger partial charge < -0.3 is 0 Å². The molecule has 0 bridgehead atoms. The number of pyridine rings is 4. The Bertz CT molecular complexity index is 2570. The van der Waals surface area contributed by atoms with Gasteiger partial charge in [-0.2, -0.15) is 0 Å². The van der Waals surface area contributed by atoms with E-state index in [1.807, 2.05) is 18.2 Å². The summed E-state index contributed by atoms with van der Waals surface area (Å²) < 4.78 is 0. The van der Waals surface area contributed by atoms with E-state index in [9.17, 15) is 0 Å². The second-order valence-electron chi connectivity index (χ2n) is 12.4. The fraction of sp³-hybridized carbons (Fsp3) is 0.0698. The third-order valence-corrected chi connectivity index (χ3v) is 9.17. The van der Waals surface area contributed by atoms with Crippen LogP contribution in [0.4, 0.5) is 0 Å². The summed E-state index contributed by atoms with van der Waals surface area (Å²) in [5.41, 5.74) is 11.7. The monoisotopic (exact) mass is 602 g/mol. The molecule has 4 aromatic carbocycles. The highest BCUT2D eigenvalue weighted by atomic mass is 14.8. The standard InChI is InChI=1S/C43H30N4/c1-27-10-12-29(13-11-27)37-23-19-31-15-17-33-21-25-39(47-43(33)41(31)45-37)35-9-5-8-34(26-35)38-24-20-32-16-14-30-18-22-36(28-6-3-2-4-7-28)44-40(30)42(32)46-38/h2-10,12-27H,11H2,1H3/t27-/m1/s1. The molecule has 0 spiro atoms. The van der Waals surface area contributed by atoms with Gasteiger partial charge in [-0.15, -0.1) is 0 Å². The second-order valence-corrected chi connectivity index (χ2v) is 12.4. The van der Waals surface area contributed by atoms with Crippen LogP contribution in [0.2, 0.25) is 0 Å². The van der Waals surface area contributed by atoms with Gasteiger partial charge in [0.2, 0.25) is 0 Å². The maximum Gasteiger partial charge on any atom is 0.0972 e. The highest BCUT2D eigenvalue weighted by Gasteiger charge is 2.13. The smallest absolute Gasteiger partial charge is 0.0972 e. The Morgan fingerprint density at radius 2 is 0.872 bits per heavy atom. The summed E-state index contributed by atoms with van der Waals surface area (Å²) >= 11 is 0. The number of fused-ring (bicyclic) bond motifs is 6. The van der Waals surface area contributed by atoms with Gasteiger partial charge in [-0.25, -0.2) is 19.9 Å². The van der Waals surface area contributed by atoms with Crippen LogP contribution >= 0.6 is 0 Å². The maximum atomic E-state index is 5.21. The molecule has 0 fully saturated rings. The first-order valence-electron chi connectivity index (χ1n) is 16.1. The minimum atomic E-state index is 0.563. The van der Waals surface area contributed by atoms with Crippen molar-refractivity contribution in [3.63, 3.8) is 0 Å². The predicted molar refractivity (Wildman–Crippen MR) is 195 cm³/mol. The van der Waals surface area contributed by atoms with Crippen molar-refractivity contribution in [2.45, 2.75) is 13.3 Å². The maximum absolute atomic E-state index is 5.21. The molecule has 8 aromatic rings. The molecule has 0 saturated heterocycles. The number of benzene rings is 4. The van der Waals surface area contributed by atoms with Gasteiger partial charge in [0.15, 0.2) is 0 Å². The Morgan fingerprint density at radius 3 is 1.36 bits per heavy atom. The topological polar surface area (TPSA) is 51.6 Å². The van der Waals surface area contributed by atoms with E-state index in [1.165, 1.54) is 5.57 Å². The van der Waals surface area contributed by atoms with Gasteiger partial charge in [0, 0.05) is 38.2 Å². The van der Waals surface area contributed by atoms with Crippen LogP contribution in [0.15, 0.2) is 146 Å². The minimum Gasteiger partial charge on any atom is -0.246 e. The van der Waals surface area contributed by atoms with E-state index < -0.39 is 0 Å². The van der Waals surface area contributed by atoms with Gasteiger partial charge in [0.05, 0.1) is 44.8 Å². The third-order valence-electron chi connectivity index (χ3n) is 9.17. The van der Waals surface area contributed by atoms with Crippen LogP contribution in [0.3, 0.4) is 0 Å². The van der Waals surface area contributed by atoms with Crippen molar-refractivity contribution in [2.24, 2.45) is 5.92 Å². The zero-order valence-electron chi connectivity index (χ0n) is 25.9. The lowest BCUT2D eigenvalue weighted by atomic mass is 9.96. The first-order chi connectivity index (χ1) is 23.2. The van der Waals surface area contributed by atoms with E-state index in [-0.39, 0.29) is 0 Å². The van der Waals surface area contributed by atoms with Crippen LogP contribution in [0.1, 0.15) is 19.0 Å². The summed E-state index contributed by atoms with van der Waals surface area (Å²) in [7, 11) is 0. The molecule has 0 saturated carbocycles. The van der Waals surface area contributed by atoms with Crippen molar-refractivity contribution < 1.29 is 0 Å². The average Bonchev–Trinajstić information content (AvgIpc) is 3.14. The van der Waals surface area contributed by atoms with Crippen molar-refractivity contribution in [1.82, 2.24) is 19.9 Å². The van der Waals surface area contributed by atoms with E-state index in [2.05, 4.69) is 134 Å². The zero-order chi connectivity index (χ0) is 31.3. The van der Waals surface area contributed by atoms with Crippen LogP contribution in [0.5, 0.6) is 0 Å². The normalized spacial score (nSPS) is 14.7. The molecule has 47 heavy (non-hydrogen) atoms. The molecule has 4 heteroatoms. The van der Waals surface area contributed by atoms with Crippen LogP contribution < -0.4 is 0 Å². The predicted octanol–water partition coefficient (Wildman–Crippen LogP) is 10.9. The largest absolute Gasteiger partial charge is 0.246 e. The van der Waals surface area contributed by atoms with E-state index in [0.717, 1.165) is 89.5 Å². The fourth-order valence-corrected chi connectivity index (χ4v) is 6.54. The van der Waals surface area contributed by atoms with Crippen LogP contribution in [-0.2, 0) is 0 Å². The highest BCUT2D eigenvalue weighted by Crippen LogP contribution is 2.32. The zero-order valence-corrected chi connectivity index (χ0v) is 25.9. The Kier molecular flexibility index (Phi) is 6.46. The number of hydrogen-bond acceptors (Lipinski definition) is 4. The molecule has 0 N–H and O–H groups in total. The first kappa shape index (κ1) is 27.3. The highest BCUT2D eigenvalue weighted by molar-refractivity contribution is 6.05. The Hall–Kier alpha value is -6.00. The van der Waals surface area contributed by atoms with E-state index in [1.54, 1.807) is 0 Å². The number of hydrogen-bond donors (Lipinski definition) is 0. The Morgan fingerprint density at radius 1 is 0.447 bits per heavy atom. The quantitative estimate of drug-likeness (QED) is 0.188. The Balaban J connectivity index is 1.13. The molecule has 1 aliphatic rings. The van der Waals surface area contributed by atoms with Gasteiger partial charge in [-0.3, -0.25) is 0 Å². The number of nitrogens with zero attached hydrogens (tertiary/aromatic N) is 4. The van der Waals surface area contributed by atoms with Gasteiger partial charge in [0.25, 0.3) is 0 Å². The number of allylic oxidation sites excluding steroid dienone is 4. The van der Waals surface area contributed by atoms with Crippen LogP contribution in [0.25, 0.3) is 83.0 Å². The summed E-state index contributed by atoms with van der Waals surface area (Å²) in [6, 6.07) is 44.3. The third kappa shape index (κ3) is 4.95. The van der Waals surface area contributed by atoms with E-state index >= 15 is 0 Å². The van der Waals surface area contributed by atoms with E-state index in [4.69, 9.17) is 19.9 Å². The lowest BCUT2D eigenvalue weighted by Crippen LogP contribution is -1.97. The molecular weight excluding hydrogens is 573 g/mol. The van der Waals surface area contributed by atoms with Crippen LogP contribution in [0, 0.1) is 5.92 Å². The summed E-state index contributed by atoms with van der Waals surface area (Å²) in [4.78, 5) is 20.6. The van der Waals surface area contributed by atoms with Gasteiger partial charge in [0.1, 0.15) is 0 Å². The molecular formula is C43H30N4. The number of aromatic nitrogens is 4. The molecule has 1 aliphatic carbocycles. The molecule has 4 nitrogen and oxygen atoms in total. The first-order valence-corrected chi connectivity index (χ1v) is 16.1. The summed E-state index contributed by atoms with van der Waals surface area (Å²) in [6.07, 6.45) is 7.78. The summed E-state index contributed by atoms with van der Waals surface area (Å²) in [6.45, 7) is 2.24. The van der Waals surface area contributed by atoms with Crippen molar-refractivity contribution in [1.29, 1.82) is 0 Å². The second kappa shape index (κ2) is 11.1. The van der Waals surface area contributed by atoms with Crippen molar-refractivity contribution in [3.05, 3.63) is 151 Å². The molecule has 0 unspecified atom stereocenters. The lowest BCUT2D eigenvalue weighted by molar-refractivity contribution is 0.739.